The average molecular weight is 562 g/mol. The number of carbonyl (C=O) groups is 2. The van der Waals surface area contributed by atoms with Crippen LogP contribution in [0.15, 0.2) is 66.1 Å². The number of hydrogen-bond donors (Lipinski definition) is 2. The first-order valence-electron chi connectivity index (χ1n) is 13.1. The predicted octanol–water partition coefficient (Wildman–Crippen LogP) is 5.15. The molecule has 2 aromatic rings. The zero-order valence-corrected chi connectivity index (χ0v) is 22.3. The van der Waals surface area contributed by atoms with Gasteiger partial charge in [0.1, 0.15) is 5.82 Å². The van der Waals surface area contributed by atoms with Gasteiger partial charge in [0.15, 0.2) is 35.7 Å². The van der Waals surface area contributed by atoms with Gasteiger partial charge in [-0.25, -0.2) is 13.2 Å². The van der Waals surface area contributed by atoms with Crippen molar-refractivity contribution in [3.63, 3.8) is 0 Å². The third kappa shape index (κ3) is 9.24. The van der Waals surface area contributed by atoms with E-state index in [4.69, 9.17) is 24.5 Å². The van der Waals surface area contributed by atoms with Crippen molar-refractivity contribution in [2.24, 2.45) is 5.92 Å². The molecule has 216 valence electrons. The summed E-state index contributed by atoms with van der Waals surface area (Å²) >= 11 is 0. The summed E-state index contributed by atoms with van der Waals surface area (Å²) in [7, 11) is 0. The number of halogens is 3. The van der Waals surface area contributed by atoms with E-state index in [1.165, 1.54) is 24.3 Å². The lowest BCUT2D eigenvalue weighted by atomic mass is 9.76. The molecule has 10 heteroatoms. The Morgan fingerprint density at radius 1 is 1.00 bits per heavy atom. The smallest absolute Gasteiger partial charge is 0.300 e. The van der Waals surface area contributed by atoms with Gasteiger partial charge in [0.25, 0.3) is 5.97 Å². The molecule has 1 saturated heterocycles. The van der Waals surface area contributed by atoms with E-state index in [9.17, 15) is 18.0 Å². The molecule has 40 heavy (non-hydrogen) atoms. The lowest BCUT2D eigenvalue weighted by Gasteiger charge is -2.36. The van der Waals surface area contributed by atoms with E-state index in [-0.39, 0.29) is 35.6 Å². The number of aliphatic carboxylic acids is 1. The van der Waals surface area contributed by atoms with Crippen LogP contribution in [-0.2, 0) is 19.1 Å². The first-order chi connectivity index (χ1) is 19.2. The number of likely N-dealkylation sites (tertiary alicyclic amines) is 1. The second-order valence-corrected chi connectivity index (χ2v) is 9.62. The topological polar surface area (TPSA) is 96.3 Å². The minimum absolute atomic E-state index is 0.101. The van der Waals surface area contributed by atoms with E-state index >= 15 is 0 Å². The highest BCUT2D eigenvalue weighted by molar-refractivity contribution is 5.93. The lowest BCUT2D eigenvalue weighted by Crippen LogP contribution is -2.36. The lowest BCUT2D eigenvalue weighted by molar-refractivity contribution is -0.134. The van der Waals surface area contributed by atoms with Gasteiger partial charge in [0.2, 0.25) is 0 Å². The molecule has 1 atom stereocenters. The summed E-state index contributed by atoms with van der Waals surface area (Å²) in [5.74, 6) is -2.25. The molecule has 0 bridgehead atoms. The Morgan fingerprint density at radius 3 is 2.27 bits per heavy atom. The van der Waals surface area contributed by atoms with Crippen LogP contribution in [0, 0.1) is 23.4 Å². The van der Waals surface area contributed by atoms with Crippen molar-refractivity contribution in [1.29, 1.82) is 0 Å². The van der Waals surface area contributed by atoms with Crippen molar-refractivity contribution < 1.29 is 42.4 Å². The molecular weight excluding hydrogens is 527 g/mol. The van der Waals surface area contributed by atoms with Crippen molar-refractivity contribution in [2.75, 3.05) is 33.0 Å². The first kappa shape index (κ1) is 30.9. The third-order valence-corrected chi connectivity index (χ3v) is 6.76. The van der Waals surface area contributed by atoms with Crippen LogP contribution in [0.25, 0.3) is 0 Å². The quantitative estimate of drug-likeness (QED) is 0.306. The summed E-state index contributed by atoms with van der Waals surface area (Å²) in [6, 6.07) is 10.3. The van der Waals surface area contributed by atoms with Crippen molar-refractivity contribution in [3.05, 3.63) is 94.7 Å². The van der Waals surface area contributed by atoms with Crippen LogP contribution in [0.4, 0.5) is 13.2 Å². The number of nitrogens with zero attached hydrogens (tertiary/aromatic N) is 1. The molecule has 1 heterocycles. The number of carboxylic acid groups (broad SMARTS) is 1. The average Bonchev–Trinajstić information content (AvgIpc) is 2.91. The van der Waals surface area contributed by atoms with Crippen LogP contribution in [0.5, 0.6) is 0 Å². The number of piperidine rings is 1. The number of benzene rings is 2. The standard InChI is InChI=1S/C28H30F3NO4.C2H4O2/c29-22-5-2-19(3-6-22)28(21-4-8-24(30)25(31)16-21)20-10-13-32(14-11-20)12-1-15-35-26-9-7-23(34)17-27(26)36-18-33;1-2(3)4/h2-6,8-9,16-17,20,28,33H,1,7,10-15,18H2;1H3,(H,3,4). The number of rotatable bonds is 10. The van der Waals surface area contributed by atoms with Gasteiger partial charge in [0.05, 0.1) is 6.61 Å². The number of carbonyl (C=O) groups excluding carboxylic acids is 1. The van der Waals surface area contributed by atoms with Gasteiger partial charge in [-0.3, -0.25) is 9.59 Å². The number of ketones is 1. The molecule has 0 radical (unpaired) electrons. The summed E-state index contributed by atoms with van der Waals surface area (Å²) < 4.78 is 52.0. The van der Waals surface area contributed by atoms with E-state index in [1.807, 2.05) is 0 Å². The molecule has 4 rings (SSSR count). The summed E-state index contributed by atoms with van der Waals surface area (Å²) in [5.41, 5.74) is 1.59. The summed E-state index contributed by atoms with van der Waals surface area (Å²) in [5, 5.41) is 16.4. The fourth-order valence-corrected chi connectivity index (χ4v) is 4.98. The molecule has 1 aliphatic carbocycles. The van der Waals surface area contributed by atoms with Crippen LogP contribution >= 0.6 is 0 Å². The molecule has 1 aliphatic heterocycles. The van der Waals surface area contributed by atoms with Gasteiger partial charge in [-0.1, -0.05) is 18.2 Å². The maximum Gasteiger partial charge on any atom is 0.300 e. The molecule has 2 aliphatic rings. The monoisotopic (exact) mass is 561 g/mol. The number of carboxylic acids is 1. The minimum atomic E-state index is -0.880. The van der Waals surface area contributed by atoms with Crippen LogP contribution in [0.2, 0.25) is 0 Å². The van der Waals surface area contributed by atoms with E-state index in [1.54, 1.807) is 24.3 Å². The zero-order chi connectivity index (χ0) is 29.1. The summed E-state index contributed by atoms with van der Waals surface area (Å²) in [4.78, 5) is 22.9. The van der Waals surface area contributed by atoms with Gasteiger partial charge < -0.3 is 24.6 Å². The third-order valence-electron chi connectivity index (χ3n) is 6.76. The first-order valence-corrected chi connectivity index (χ1v) is 13.1. The summed E-state index contributed by atoms with van der Waals surface area (Å²) in [6.07, 6.45) is 5.74. The number of hydrogen-bond acceptors (Lipinski definition) is 6. The molecule has 2 N–H and O–H groups in total. The molecule has 0 spiro atoms. The Hall–Kier alpha value is -3.63. The highest BCUT2D eigenvalue weighted by Gasteiger charge is 2.29. The number of allylic oxidation sites excluding steroid dienone is 2. The second-order valence-electron chi connectivity index (χ2n) is 9.62. The van der Waals surface area contributed by atoms with E-state index in [0.29, 0.717) is 17.9 Å². The Kier molecular flexibility index (Phi) is 11.8. The highest BCUT2D eigenvalue weighted by atomic mass is 19.2. The SMILES string of the molecule is CC(=O)O.O=C1C=C(OCO)C(OCCCN2CCC(C(c3ccc(F)cc3)c3ccc(F)c(F)c3)CC2)=CC1. The molecule has 0 amide bonds. The van der Waals surface area contributed by atoms with Gasteiger partial charge >= 0.3 is 0 Å². The number of ether oxygens (including phenoxy) is 2. The van der Waals surface area contributed by atoms with Crippen LogP contribution in [0.3, 0.4) is 0 Å². The highest BCUT2D eigenvalue weighted by Crippen LogP contribution is 2.38. The second kappa shape index (κ2) is 15.2. The van der Waals surface area contributed by atoms with E-state index in [0.717, 1.165) is 57.5 Å². The van der Waals surface area contributed by atoms with Crippen molar-refractivity contribution in [2.45, 2.75) is 38.5 Å². The van der Waals surface area contributed by atoms with Crippen LogP contribution < -0.4 is 0 Å². The number of aliphatic hydroxyl groups is 1. The zero-order valence-electron chi connectivity index (χ0n) is 22.3. The van der Waals surface area contributed by atoms with Crippen molar-refractivity contribution in [1.82, 2.24) is 4.90 Å². The molecule has 7 nitrogen and oxygen atoms in total. The van der Waals surface area contributed by atoms with Crippen LogP contribution in [0.1, 0.15) is 49.7 Å². The molecule has 1 fully saturated rings. The normalized spacial score (nSPS) is 16.8. The maximum absolute atomic E-state index is 14.0. The Balaban J connectivity index is 0.00000103. The van der Waals surface area contributed by atoms with Gasteiger partial charge in [-0.2, -0.15) is 0 Å². The van der Waals surface area contributed by atoms with E-state index < -0.39 is 24.4 Å². The van der Waals surface area contributed by atoms with Crippen molar-refractivity contribution in [3.8, 4) is 0 Å². The minimum Gasteiger partial charge on any atom is -0.490 e. The number of aliphatic hydroxyl groups excluding tert-OH is 1. The Labute approximate surface area is 231 Å². The van der Waals surface area contributed by atoms with Crippen molar-refractivity contribution >= 4 is 11.8 Å². The largest absolute Gasteiger partial charge is 0.490 e. The Morgan fingerprint density at radius 2 is 1.65 bits per heavy atom. The van der Waals surface area contributed by atoms with Gasteiger partial charge in [0, 0.05) is 31.9 Å². The molecule has 0 saturated carbocycles. The van der Waals surface area contributed by atoms with E-state index in [2.05, 4.69) is 4.90 Å². The van der Waals surface area contributed by atoms with Crippen LogP contribution in [-0.4, -0.2) is 59.9 Å². The maximum atomic E-state index is 14.0. The summed E-state index contributed by atoms with van der Waals surface area (Å²) in [6.45, 7) is 3.52. The Bertz CT molecular complexity index is 1200. The molecule has 1 unspecified atom stereocenters. The fraction of sp³-hybridized carbons (Fsp3) is 0.400. The fourth-order valence-electron chi connectivity index (χ4n) is 4.98. The molecule has 0 aromatic heterocycles. The molecule has 2 aromatic carbocycles. The molecular formula is C30H34F3NO6. The van der Waals surface area contributed by atoms with Gasteiger partial charge in [-0.05, 0) is 79.7 Å². The predicted molar refractivity (Wildman–Crippen MR) is 142 cm³/mol. The van der Waals surface area contributed by atoms with Gasteiger partial charge in [-0.15, -0.1) is 0 Å².